The van der Waals surface area contributed by atoms with E-state index in [1.54, 1.807) is 4.88 Å². The van der Waals surface area contributed by atoms with Gasteiger partial charge in [0.05, 0.1) is 0 Å². The van der Waals surface area contributed by atoms with Crippen molar-refractivity contribution in [2.75, 3.05) is 26.2 Å². The van der Waals surface area contributed by atoms with Crippen LogP contribution in [-0.2, 0) is 0 Å². The van der Waals surface area contributed by atoms with Crippen LogP contribution in [0.4, 0.5) is 0 Å². The number of halogens is 2. The third-order valence-electron chi connectivity index (χ3n) is 2.98. The SMILES string of the molecule is Cl.Cl.NCCN1CCC(c2cccs2)CC1. The fourth-order valence-corrected chi connectivity index (χ4v) is 3.05. The smallest absolute Gasteiger partial charge is 0.0105 e. The molecule has 0 atom stereocenters. The van der Waals surface area contributed by atoms with Crippen molar-refractivity contribution in [3.05, 3.63) is 22.4 Å². The molecule has 2 N–H and O–H groups in total. The fraction of sp³-hybridized carbons (Fsp3) is 0.636. The van der Waals surface area contributed by atoms with E-state index < -0.39 is 0 Å². The van der Waals surface area contributed by atoms with Crippen molar-refractivity contribution in [2.45, 2.75) is 18.8 Å². The van der Waals surface area contributed by atoms with E-state index in [0.29, 0.717) is 0 Å². The van der Waals surface area contributed by atoms with Crippen LogP contribution in [0.1, 0.15) is 23.6 Å². The second-order valence-electron chi connectivity index (χ2n) is 3.92. The number of hydrogen-bond acceptors (Lipinski definition) is 3. The highest BCUT2D eigenvalue weighted by atomic mass is 35.5. The number of nitrogens with two attached hydrogens (primary N) is 1. The van der Waals surface area contributed by atoms with Gasteiger partial charge < -0.3 is 10.6 Å². The summed E-state index contributed by atoms with van der Waals surface area (Å²) in [6.07, 6.45) is 2.61. The van der Waals surface area contributed by atoms with E-state index in [2.05, 4.69) is 22.4 Å². The molecule has 1 saturated heterocycles. The van der Waals surface area contributed by atoms with Crippen molar-refractivity contribution in [1.82, 2.24) is 4.90 Å². The minimum atomic E-state index is 0. The van der Waals surface area contributed by atoms with Crippen molar-refractivity contribution in [3.8, 4) is 0 Å². The van der Waals surface area contributed by atoms with Crippen molar-refractivity contribution in [3.63, 3.8) is 0 Å². The predicted octanol–water partition coefficient (Wildman–Crippen LogP) is 2.73. The van der Waals surface area contributed by atoms with Gasteiger partial charge in [-0.05, 0) is 43.3 Å². The van der Waals surface area contributed by atoms with Gasteiger partial charge >= 0.3 is 0 Å². The first-order valence-electron chi connectivity index (χ1n) is 5.36. The molecule has 0 saturated carbocycles. The third kappa shape index (κ3) is 4.22. The number of hydrogen-bond donors (Lipinski definition) is 1. The predicted molar refractivity (Wildman–Crippen MR) is 76.3 cm³/mol. The van der Waals surface area contributed by atoms with Crippen LogP contribution >= 0.6 is 36.2 Å². The lowest BCUT2D eigenvalue weighted by Crippen LogP contribution is -2.36. The Labute approximate surface area is 114 Å². The summed E-state index contributed by atoms with van der Waals surface area (Å²) in [7, 11) is 0. The third-order valence-corrected chi connectivity index (χ3v) is 4.01. The number of piperidine rings is 1. The van der Waals surface area contributed by atoms with E-state index in [1.165, 1.54) is 25.9 Å². The van der Waals surface area contributed by atoms with Gasteiger partial charge in [-0.2, -0.15) is 0 Å². The first-order valence-corrected chi connectivity index (χ1v) is 6.24. The molecule has 2 nitrogen and oxygen atoms in total. The van der Waals surface area contributed by atoms with Crippen LogP contribution in [0.5, 0.6) is 0 Å². The zero-order valence-electron chi connectivity index (χ0n) is 9.30. The van der Waals surface area contributed by atoms with Crippen LogP contribution in [0.3, 0.4) is 0 Å². The summed E-state index contributed by atoms with van der Waals surface area (Å²) in [5, 5.41) is 2.18. The summed E-state index contributed by atoms with van der Waals surface area (Å²) >= 11 is 1.90. The first-order chi connectivity index (χ1) is 6.90. The number of nitrogens with zero attached hydrogens (tertiary/aromatic N) is 1. The highest BCUT2D eigenvalue weighted by Gasteiger charge is 2.20. The minimum absolute atomic E-state index is 0. The molecule has 5 heteroatoms. The zero-order chi connectivity index (χ0) is 9.80. The molecule has 1 aromatic rings. The van der Waals surface area contributed by atoms with E-state index in [4.69, 9.17) is 5.73 Å². The lowest BCUT2D eigenvalue weighted by Gasteiger charge is -2.31. The molecule has 1 aliphatic heterocycles. The largest absolute Gasteiger partial charge is 0.329 e. The van der Waals surface area contributed by atoms with Crippen LogP contribution in [0.25, 0.3) is 0 Å². The number of rotatable bonds is 3. The highest BCUT2D eigenvalue weighted by molar-refractivity contribution is 7.10. The summed E-state index contributed by atoms with van der Waals surface area (Å²) in [5.41, 5.74) is 5.55. The molecule has 94 valence electrons. The monoisotopic (exact) mass is 282 g/mol. The normalized spacial score (nSPS) is 17.6. The van der Waals surface area contributed by atoms with Gasteiger partial charge in [0.2, 0.25) is 0 Å². The van der Waals surface area contributed by atoms with E-state index in [9.17, 15) is 0 Å². The van der Waals surface area contributed by atoms with Gasteiger partial charge in [0.25, 0.3) is 0 Å². The molecular formula is C11H20Cl2N2S. The average Bonchev–Trinajstić information content (AvgIpc) is 2.72. The lowest BCUT2D eigenvalue weighted by atomic mass is 9.95. The summed E-state index contributed by atoms with van der Waals surface area (Å²) in [6.45, 7) is 4.31. The van der Waals surface area contributed by atoms with E-state index in [-0.39, 0.29) is 24.8 Å². The summed E-state index contributed by atoms with van der Waals surface area (Å²) in [4.78, 5) is 4.04. The van der Waals surface area contributed by atoms with Crippen LogP contribution in [0, 0.1) is 0 Å². The molecule has 0 radical (unpaired) electrons. The number of likely N-dealkylation sites (tertiary alicyclic amines) is 1. The van der Waals surface area contributed by atoms with E-state index >= 15 is 0 Å². The second kappa shape index (κ2) is 8.31. The molecule has 0 spiro atoms. The molecule has 0 aromatic carbocycles. The Kier molecular flexibility index (Phi) is 8.42. The Balaban J connectivity index is 0.00000112. The molecule has 0 amide bonds. The van der Waals surface area contributed by atoms with Crippen LogP contribution in [0.15, 0.2) is 17.5 Å². The molecule has 0 unspecified atom stereocenters. The van der Waals surface area contributed by atoms with Crippen LogP contribution in [-0.4, -0.2) is 31.1 Å². The number of thiophene rings is 1. The molecule has 0 aliphatic carbocycles. The molecule has 16 heavy (non-hydrogen) atoms. The van der Waals surface area contributed by atoms with Gasteiger partial charge in [-0.15, -0.1) is 36.2 Å². The van der Waals surface area contributed by atoms with Crippen molar-refractivity contribution in [2.24, 2.45) is 5.73 Å². The van der Waals surface area contributed by atoms with E-state index in [0.717, 1.165) is 19.0 Å². The Bertz CT molecular complexity index is 259. The molecule has 1 aromatic heterocycles. The molecule has 0 bridgehead atoms. The Hall–Kier alpha value is 0.200. The first kappa shape index (κ1) is 16.2. The molecular weight excluding hydrogens is 263 g/mol. The molecule has 2 rings (SSSR count). The zero-order valence-corrected chi connectivity index (χ0v) is 11.8. The van der Waals surface area contributed by atoms with Gasteiger partial charge in [-0.1, -0.05) is 6.07 Å². The summed E-state index contributed by atoms with van der Waals surface area (Å²) < 4.78 is 0. The maximum Gasteiger partial charge on any atom is 0.0105 e. The molecule has 1 fully saturated rings. The Morgan fingerprint density at radius 3 is 2.50 bits per heavy atom. The van der Waals surface area contributed by atoms with Crippen LogP contribution in [0.2, 0.25) is 0 Å². The quantitative estimate of drug-likeness (QED) is 0.924. The van der Waals surface area contributed by atoms with Gasteiger partial charge in [-0.3, -0.25) is 0 Å². The average molecular weight is 283 g/mol. The standard InChI is InChI=1S/C11H18N2S.2ClH/c12-5-8-13-6-3-10(4-7-13)11-2-1-9-14-11;;/h1-2,9-10H,3-8,12H2;2*1H. The lowest BCUT2D eigenvalue weighted by molar-refractivity contribution is 0.219. The minimum Gasteiger partial charge on any atom is -0.329 e. The highest BCUT2D eigenvalue weighted by Crippen LogP contribution is 2.30. The maximum atomic E-state index is 5.55. The Morgan fingerprint density at radius 1 is 1.31 bits per heavy atom. The van der Waals surface area contributed by atoms with Gasteiger partial charge in [-0.25, -0.2) is 0 Å². The second-order valence-corrected chi connectivity index (χ2v) is 4.90. The van der Waals surface area contributed by atoms with Crippen molar-refractivity contribution in [1.29, 1.82) is 0 Å². The van der Waals surface area contributed by atoms with Gasteiger partial charge in [0.1, 0.15) is 0 Å². The van der Waals surface area contributed by atoms with Crippen molar-refractivity contribution < 1.29 is 0 Å². The van der Waals surface area contributed by atoms with Crippen molar-refractivity contribution >= 4 is 36.2 Å². The van der Waals surface area contributed by atoms with Gasteiger partial charge in [0, 0.05) is 18.0 Å². The topological polar surface area (TPSA) is 29.3 Å². The molecule has 2 heterocycles. The van der Waals surface area contributed by atoms with Gasteiger partial charge in [0.15, 0.2) is 0 Å². The summed E-state index contributed by atoms with van der Waals surface area (Å²) in [6, 6.07) is 4.43. The van der Waals surface area contributed by atoms with Crippen LogP contribution < -0.4 is 5.73 Å². The maximum absolute atomic E-state index is 5.55. The summed E-state index contributed by atoms with van der Waals surface area (Å²) in [5.74, 6) is 0.809. The van der Waals surface area contributed by atoms with E-state index in [1.807, 2.05) is 11.3 Å². The fourth-order valence-electron chi connectivity index (χ4n) is 2.15. The molecule has 1 aliphatic rings. The Morgan fingerprint density at radius 2 is 2.00 bits per heavy atom.